The number of pyridine rings is 3. The van der Waals surface area contributed by atoms with E-state index in [1.165, 1.54) is 11.8 Å². The van der Waals surface area contributed by atoms with Gasteiger partial charge >= 0.3 is 0 Å². The number of methoxy groups -OCH3 is 1. The molecule has 1 saturated heterocycles. The zero-order valence-electron chi connectivity index (χ0n) is 19.4. The molecule has 1 aliphatic heterocycles. The molecular formula is C26H29N5O3. The number of hydrogen-bond donors (Lipinski definition) is 1. The van der Waals surface area contributed by atoms with Crippen molar-refractivity contribution in [1.29, 1.82) is 0 Å². The van der Waals surface area contributed by atoms with Gasteiger partial charge in [-0.15, -0.1) is 0 Å². The Morgan fingerprint density at radius 3 is 2.53 bits per heavy atom. The molecule has 0 aliphatic carbocycles. The lowest BCUT2D eigenvalue weighted by atomic mass is 10.1. The number of unbranched alkanes of at least 4 members (excludes halogenated alkanes) is 1. The standard InChI is InChI=1S/C26H29N5O3/c1-33-23-11-8-19-5-4-6-21(25(19)28-23)31-16-14-30(15-17-31)13-2-3-18-34-24-12-9-20-7-10-22(32)27-26(20)29-24/h4-12H,2-3,13-18H2,1H3,(H,27,29,32). The second-order valence-corrected chi connectivity index (χ2v) is 8.50. The highest BCUT2D eigenvalue weighted by molar-refractivity contribution is 5.91. The Kier molecular flexibility index (Phi) is 6.58. The Balaban J connectivity index is 1.08. The number of para-hydroxylation sites is 1. The number of fused-ring (bicyclic) bond motifs is 2. The van der Waals surface area contributed by atoms with Crippen molar-refractivity contribution in [2.45, 2.75) is 12.8 Å². The van der Waals surface area contributed by atoms with Crippen LogP contribution in [0, 0.1) is 0 Å². The van der Waals surface area contributed by atoms with Gasteiger partial charge in [-0.2, -0.15) is 4.98 Å². The number of anilines is 1. The molecule has 1 fully saturated rings. The van der Waals surface area contributed by atoms with Crippen molar-refractivity contribution < 1.29 is 9.47 Å². The van der Waals surface area contributed by atoms with E-state index in [0.717, 1.165) is 61.9 Å². The summed E-state index contributed by atoms with van der Waals surface area (Å²) in [6.07, 6.45) is 2.02. The summed E-state index contributed by atoms with van der Waals surface area (Å²) >= 11 is 0. The van der Waals surface area contributed by atoms with Crippen LogP contribution in [0.15, 0.2) is 59.4 Å². The fourth-order valence-corrected chi connectivity index (χ4v) is 4.40. The van der Waals surface area contributed by atoms with Crippen molar-refractivity contribution in [3.63, 3.8) is 0 Å². The monoisotopic (exact) mass is 459 g/mol. The number of benzene rings is 1. The van der Waals surface area contributed by atoms with Crippen LogP contribution in [0.4, 0.5) is 5.69 Å². The topological polar surface area (TPSA) is 83.6 Å². The Bertz CT molecular complexity index is 1330. The van der Waals surface area contributed by atoms with Crippen molar-refractivity contribution in [2.24, 2.45) is 0 Å². The molecule has 4 aromatic rings. The van der Waals surface area contributed by atoms with Crippen LogP contribution in [0.2, 0.25) is 0 Å². The maximum absolute atomic E-state index is 11.5. The third-order valence-electron chi connectivity index (χ3n) is 6.27. The van der Waals surface area contributed by atoms with Gasteiger partial charge in [-0.05, 0) is 43.7 Å². The number of aromatic nitrogens is 3. The van der Waals surface area contributed by atoms with Crippen LogP contribution in [0.1, 0.15) is 12.8 Å². The van der Waals surface area contributed by atoms with Crippen LogP contribution in [0.5, 0.6) is 11.8 Å². The number of piperazine rings is 1. The van der Waals surface area contributed by atoms with Gasteiger partial charge in [0.15, 0.2) is 0 Å². The molecule has 1 aromatic carbocycles. The first-order chi connectivity index (χ1) is 16.7. The lowest BCUT2D eigenvalue weighted by Crippen LogP contribution is -2.46. The van der Waals surface area contributed by atoms with Gasteiger partial charge in [0.05, 0.1) is 24.9 Å². The molecule has 176 valence electrons. The first kappa shape index (κ1) is 22.2. The molecule has 34 heavy (non-hydrogen) atoms. The summed E-state index contributed by atoms with van der Waals surface area (Å²) in [4.78, 5) is 28.2. The zero-order valence-corrected chi connectivity index (χ0v) is 19.4. The van der Waals surface area contributed by atoms with E-state index >= 15 is 0 Å². The van der Waals surface area contributed by atoms with E-state index in [2.05, 4.69) is 49.0 Å². The third-order valence-corrected chi connectivity index (χ3v) is 6.27. The van der Waals surface area contributed by atoms with Crippen molar-refractivity contribution in [3.8, 4) is 11.8 Å². The molecule has 0 atom stereocenters. The number of aromatic amines is 1. The summed E-state index contributed by atoms with van der Waals surface area (Å²) in [5.74, 6) is 1.19. The summed E-state index contributed by atoms with van der Waals surface area (Å²) in [5.41, 5.74) is 2.57. The van der Waals surface area contributed by atoms with Crippen LogP contribution in [-0.4, -0.2) is 66.3 Å². The van der Waals surface area contributed by atoms with E-state index in [0.29, 0.717) is 24.0 Å². The van der Waals surface area contributed by atoms with E-state index in [1.807, 2.05) is 18.2 Å². The van der Waals surface area contributed by atoms with Gasteiger partial charge in [0.25, 0.3) is 0 Å². The molecule has 0 radical (unpaired) electrons. The molecule has 0 saturated carbocycles. The Morgan fingerprint density at radius 1 is 0.882 bits per heavy atom. The third kappa shape index (κ3) is 4.97. The average Bonchev–Trinajstić information content (AvgIpc) is 2.88. The normalized spacial score (nSPS) is 14.6. The van der Waals surface area contributed by atoms with Crippen molar-refractivity contribution in [1.82, 2.24) is 19.9 Å². The van der Waals surface area contributed by atoms with Gasteiger partial charge in [-0.1, -0.05) is 12.1 Å². The number of ether oxygens (including phenoxy) is 2. The van der Waals surface area contributed by atoms with Crippen LogP contribution >= 0.6 is 0 Å². The zero-order chi connectivity index (χ0) is 23.3. The molecule has 1 N–H and O–H groups in total. The molecule has 5 rings (SSSR count). The van der Waals surface area contributed by atoms with Gasteiger partial charge in [-0.3, -0.25) is 9.69 Å². The minimum atomic E-state index is -0.159. The van der Waals surface area contributed by atoms with E-state index in [-0.39, 0.29) is 5.56 Å². The molecule has 1 aliphatic rings. The van der Waals surface area contributed by atoms with E-state index in [9.17, 15) is 4.79 Å². The maximum Gasteiger partial charge on any atom is 0.249 e. The molecule has 0 bridgehead atoms. The van der Waals surface area contributed by atoms with E-state index in [1.54, 1.807) is 13.2 Å². The average molecular weight is 460 g/mol. The Morgan fingerprint density at radius 2 is 1.68 bits per heavy atom. The molecule has 0 unspecified atom stereocenters. The number of hydrogen-bond acceptors (Lipinski definition) is 7. The van der Waals surface area contributed by atoms with Gasteiger partial charge in [-0.25, -0.2) is 4.98 Å². The quantitative estimate of drug-likeness (QED) is 0.404. The molecular weight excluding hydrogens is 430 g/mol. The molecule has 4 heterocycles. The summed E-state index contributed by atoms with van der Waals surface area (Å²) in [6.45, 7) is 5.68. The van der Waals surface area contributed by atoms with Crippen molar-refractivity contribution >= 4 is 27.6 Å². The van der Waals surface area contributed by atoms with Gasteiger partial charge in [0.1, 0.15) is 5.65 Å². The predicted octanol–water partition coefficient (Wildman–Crippen LogP) is 3.46. The van der Waals surface area contributed by atoms with Crippen LogP contribution in [0.3, 0.4) is 0 Å². The number of nitrogens with one attached hydrogen (secondary N) is 1. The first-order valence-corrected chi connectivity index (χ1v) is 11.7. The Labute approximate surface area is 198 Å². The minimum Gasteiger partial charge on any atom is -0.481 e. The largest absolute Gasteiger partial charge is 0.481 e. The first-order valence-electron chi connectivity index (χ1n) is 11.7. The number of nitrogens with zero attached hydrogens (tertiary/aromatic N) is 4. The van der Waals surface area contributed by atoms with Crippen LogP contribution in [-0.2, 0) is 0 Å². The highest BCUT2D eigenvalue weighted by atomic mass is 16.5. The molecule has 3 aromatic heterocycles. The van der Waals surface area contributed by atoms with E-state index in [4.69, 9.17) is 9.47 Å². The second kappa shape index (κ2) is 10.1. The lowest BCUT2D eigenvalue weighted by molar-refractivity contribution is 0.237. The molecule has 0 spiro atoms. The van der Waals surface area contributed by atoms with Crippen molar-refractivity contribution in [3.05, 3.63) is 65.0 Å². The number of H-pyrrole nitrogens is 1. The SMILES string of the molecule is COc1ccc2cccc(N3CCN(CCCCOc4ccc5ccc(=O)[nH]c5n4)CC3)c2n1. The van der Waals surface area contributed by atoms with Crippen LogP contribution < -0.4 is 19.9 Å². The maximum atomic E-state index is 11.5. The van der Waals surface area contributed by atoms with Gasteiger partial charge in [0, 0.05) is 55.2 Å². The summed E-state index contributed by atoms with van der Waals surface area (Å²) < 4.78 is 11.1. The fraction of sp³-hybridized carbons (Fsp3) is 0.346. The smallest absolute Gasteiger partial charge is 0.249 e. The Hall–Kier alpha value is -3.65. The van der Waals surface area contributed by atoms with Gasteiger partial charge < -0.3 is 19.4 Å². The summed E-state index contributed by atoms with van der Waals surface area (Å²) in [6, 6.07) is 17.3. The highest BCUT2D eigenvalue weighted by Gasteiger charge is 2.19. The fourth-order valence-electron chi connectivity index (χ4n) is 4.40. The summed E-state index contributed by atoms with van der Waals surface area (Å²) in [5, 5.41) is 2.03. The molecule has 8 heteroatoms. The molecule has 0 amide bonds. The second-order valence-electron chi connectivity index (χ2n) is 8.50. The molecule has 8 nitrogen and oxygen atoms in total. The lowest BCUT2D eigenvalue weighted by Gasteiger charge is -2.36. The summed E-state index contributed by atoms with van der Waals surface area (Å²) in [7, 11) is 1.65. The highest BCUT2D eigenvalue weighted by Crippen LogP contribution is 2.28. The van der Waals surface area contributed by atoms with Gasteiger partial charge in [0.2, 0.25) is 17.3 Å². The van der Waals surface area contributed by atoms with E-state index < -0.39 is 0 Å². The predicted molar refractivity (Wildman–Crippen MR) is 134 cm³/mol. The van der Waals surface area contributed by atoms with Crippen molar-refractivity contribution in [2.75, 3.05) is 51.3 Å². The minimum absolute atomic E-state index is 0.159. The van der Waals surface area contributed by atoms with Crippen LogP contribution in [0.25, 0.3) is 21.9 Å². The number of rotatable bonds is 8.